The molecule has 0 aliphatic heterocycles. The first-order chi connectivity index (χ1) is 8.67. The maximum absolute atomic E-state index is 11.2. The molecule has 0 spiro atoms. The van der Waals surface area contributed by atoms with E-state index in [-0.39, 0.29) is 0 Å². The van der Waals surface area contributed by atoms with Crippen LogP contribution in [-0.2, 0) is 16.0 Å². The Morgan fingerprint density at radius 1 is 1.39 bits per heavy atom. The summed E-state index contributed by atoms with van der Waals surface area (Å²) in [6.45, 7) is 0.697. The molecule has 1 atom stereocenters. The fourth-order valence-electron chi connectivity index (χ4n) is 1.45. The van der Waals surface area contributed by atoms with Gasteiger partial charge in [-0.3, -0.25) is 4.79 Å². The van der Waals surface area contributed by atoms with E-state index in [2.05, 4.69) is 4.74 Å². The molecular formula is C13H19NO3S. The van der Waals surface area contributed by atoms with Crippen LogP contribution in [0.25, 0.3) is 0 Å². The summed E-state index contributed by atoms with van der Waals surface area (Å²) in [7, 11) is 1.34. The van der Waals surface area contributed by atoms with E-state index in [1.165, 1.54) is 7.11 Å². The highest BCUT2D eigenvalue weighted by atomic mass is 32.2. The molecule has 0 aromatic heterocycles. The highest BCUT2D eigenvalue weighted by Crippen LogP contribution is 2.13. The van der Waals surface area contributed by atoms with E-state index in [0.29, 0.717) is 13.0 Å². The molecular weight excluding hydrogens is 250 g/mol. The maximum Gasteiger partial charge on any atom is 0.322 e. The Balaban J connectivity index is 2.47. The van der Waals surface area contributed by atoms with Gasteiger partial charge in [-0.05, 0) is 30.4 Å². The van der Waals surface area contributed by atoms with E-state index in [1.807, 2.05) is 30.5 Å². The Morgan fingerprint density at radius 3 is 2.61 bits per heavy atom. The predicted molar refractivity (Wildman–Crippen MR) is 74.0 cm³/mol. The van der Waals surface area contributed by atoms with Crippen LogP contribution in [0.3, 0.4) is 0 Å². The van der Waals surface area contributed by atoms with Gasteiger partial charge in [-0.2, -0.15) is 11.8 Å². The zero-order valence-corrected chi connectivity index (χ0v) is 11.5. The quantitative estimate of drug-likeness (QED) is 0.600. The molecule has 0 radical (unpaired) electrons. The average molecular weight is 269 g/mol. The highest BCUT2D eigenvalue weighted by molar-refractivity contribution is 7.98. The molecule has 0 fully saturated rings. The van der Waals surface area contributed by atoms with E-state index in [4.69, 9.17) is 10.5 Å². The van der Waals surface area contributed by atoms with E-state index >= 15 is 0 Å². The third-order valence-electron chi connectivity index (χ3n) is 2.44. The lowest BCUT2D eigenvalue weighted by atomic mass is 10.1. The third kappa shape index (κ3) is 4.98. The number of hydrogen-bond acceptors (Lipinski definition) is 5. The van der Waals surface area contributed by atoms with Crippen molar-refractivity contribution >= 4 is 17.7 Å². The van der Waals surface area contributed by atoms with Crippen molar-refractivity contribution in [1.82, 2.24) is 0 Å². The summed E-state index contributed by atoms with van der Waals surface area (Å²) in [5.74, 6) is 1.41. The minimum absolute atomic E-state index is 0.393. The van der Waals surface area contributed by atoms with Crippen molar-refractivity contribution in [2.45, 2.75) is 12.5 Å². The summed E-state index contributed by atoms with van der Waals surface area (Å²) >= 11 is 1.75. The number of methoxy groups -OCH3 is 1. The molecule has 1 unspecified atom stereocenters. The summed E-state index contributed by atoms with van der Waals surface area (Å²) < 4.78 is 10.1. The summed E-state index contributed by atoms with van der Waals surface area (Å²) in [5.41, 5.74) is 6.68. The Hall–Kier alpha value is -1.20. The second-order valence-corrected chi connectivity index (χ2v) is 4.80. The molecule has 1 rings (SSSR count). The first kappa shape index (κ1) is 14.9. The lowest BCUT2D eigenvalue weighted by Crippen LogP contribution is -2.33. The first-order valence-electron chi connectivity index (χ1n) is 5.71. The van der Waals surface area contributed by atoms with Crippen molar-refractivity contribution in [3.05, 3.63) is 29.8 Å². The SMILES string of the molecule is COC(=O)C(N)Cc1ccc(OCCSC)cc1. The van der Waals surface area contributed by atoms with Gasteiger partial charge in [0.25, 0.3) is 0 Å². The van der Waals surface area contributed by atoms with Crippen LogP contribution in [0.2, 0.25) is 0 Å². The van der Waals surface area contributed by atoms with Crippen molar-refractivity contribution < 1.29 is 14.3 Å². The van der Waals surface area contributed by atoms with Gasteiger partial charge in [0.05, 0.1) is 13.7 Å². The average Bonchev–Trinajstić information content (AvgIpc) is 2.40. The Bertz CT molecular complexity index is 367. The van der Waals surface area contributed by atoms with Crippen LogP contribution >= 0.6 is 11.8 Å². The zero-order chi connectivity index (χ0) is 13.4. The zero-order valence-electron chi connectivity index (χ0n) is 10.7. The lowest BCUT2D eigenvalue weighted by Gasteiger charge is -2.10. The molecule has 0 aliphatic rings. The van der Waals surface area contributed by atoms with Gasteiger partial charge in [0.1, 0.15) is 11.8 Å². The summed E-state index contributed by atoms with van der Waals surface area (Å²) in [6, 6.07) is 6.99. The maximum atomic E-state index is 11.2. The van der Waals surface area contributed by atoms with Crippen LogP contribution in [0.5, 0.6) is 5.75 Å². The number of hydrogen-bond donors (Lipinski definition) is 1. The standard InChI is InChI=1S/C13H19NO3S/c1-16-13(15)12(14)9-10-3-5-11(6-4-10)17-7-8-18-2/h3-6,12H,7-9,14H2,1-2H3. The monoisotopic (exact) mass is 269 g/mol. The number of carbonyl (C=O) groups is 1. The molecule has 18 heavy (non-hydrogen) atoms. The van der Waals surface area contributed by atoms with Crippen molar-refractivity contribution in [3.8, 4) is 5.75 Å². The lowest BCUT2D eigenvalue weighted by molar-refractivity contribution is -0.142. The third-order valence-corrected chi connectivity index (χ3v) is 3.01. The minimum Gasteiger partial charge on any atom is -0.493 e. The molecule has 0 amide bonds. The number of thioether (sulfide) groups is 1. The second-order valence-electron chi connectivity index (χ2n) is 3.82. The molecule has 100 valence electrons. The molecule has 4 nitrogen and oxygen atoms in total. The van der Waals surface area contributed by atoms with Gasteiger partial charge < -0.3 is 15.2 Å². The molecule has 2 N–H and O–H groups in total. The van der Waals surface area contributed by atoms with Crippen LogP contribution < -0.4 is 10.5 Å². The molecule has 0 aliphatic carbocycles. The van der Waals surface area contributed by atoms with E-state index in [1.54, 1.807) is 11.8 Å². The van der Waals surface area contributed by atoms with E-state index in [9.17, 15) is 4.79 Å². The van der Waals surface area contributed by atoms with Crippen molar-refractivity contribution in [2.75, 3.05) is 25.7 Å². The fraction of sp³-hybridized carbons (Fsp3) is 0.462. The van der Waals surface area contributed by atoms with Gasteiger partial charge in [-0.1, -0.05) is 12.1 Å². The smallest absolute Gasteiger partial charge is 0.322 e. The Kier molecular flexibility index (Phi) is 6.60. The van der Waals surface area contributed by atoms with E-state index < -0.39 is 12.0 Å². The van der Waals surface area contributed by atoms with Crippen LogP contribution in [0.15, 0.2) is 24.3 Å². The predicted octanol–water partition coefficient (Wildman–Crippen LogP) is 1.47. The fourth-order valence-corrected chi connectivity index (χ4v) is 1.70. The Morgan fingerprint density at radius 2 is 2.06 bits per heavy atom. The first-order valence-corrected chi connectivity index (χ1v) is 7.11. The van der Waals surface area contributed by atoms with Gasteiger partial charge in [0, 0.05) is 5.75 Å². The van der Waals surface area contributed by atoms with Crippen LogP contribution in [0.4, 0.5) is 0 Å². The summed E-state index contributed by atoms with van der Waals surface area (Å²) in [5, 5.41) is 0. The van der Waals surface area contributed by atoms with Gasteiger partial charge in [0.2, 0.25) is 0 Å². The molecule has 0 bridgehead atoms. The highest BCUT2D eigenvalue weighted by Gasteiger charge is 2.13. The van der Waals surface area contributed by atoms with Gasteiger partial charge in [-0.15, -0.1) is 0 Å². The molecule has 1 aromatic carbocycles. The minimum atomic E-state index is -0.613. The number of rotatable bonds is 7. The number of ether oxygens (including phenoxy) is 2. The van der Waals surface area contributed by atoms with Crippen LogP contribution in [0.1, 0.15) is 5.56 Å². The molecule has 0 saturated carbocycles. The van der Waals surface area contributed by atoms with Gasteiger partial charge in [-0.25, -0.2) is 0 Å². The number of esters is 1. The largest absolute Gasteiger partial charge is 0.493 e. The van der Waals surface area contributed by atoms with Gasteiger partial charge in [0.15, 0.2) is 0 Å². The van der Waals surface area contributed by atoms with Crippen molar-refractivity contribution in [2.24, 2.45) is 5.73 Å². The number of carbonyl (C=O) groups excluding carboxylic acids is 1. The molecule has 0 saturated heterocycles. The van der Waals surface area contributed by atoms with Crippen molar-refractivity contribution in [3.63, 3.8) is 0 Å². The number of benzene rings is 1. The van der Waals surface area contributed by atoms with Crippen LogP contribution in [0, 0.1) is 0 Å². The number of nitrogens with two attached hydrogens (primary N) is 1. The summed E-state index contributed by atoms with van der Waals surface area (Å²) in [4.78, 5) is 11.2. The molecule has 1 aromatic rings. The second kappa shape index (κ2) is 8.00. The van der Waals surface area contributed by atoms with Gasteiger partial charge >= 0.3 is 5.97 Å². The van der Waals surface area contributed by atoms with Crippen molar-refractivity contribution in [1.29, 1.82) is 0 Å². The Labute approximate surface area is 112 Å². The summed E-state index contributed by atoms with van der Waals surface area (Å²) in [6.07, 6.45) is 2.51. The van der Waals surface area contributed by atoms with Crippen LogP contribution in [-0.4, -0.2) is 37.7 Å². The molecule has 5 heteroatoms. The normalized spacial score (nSPS) is 11.9. The molecule has 0 heterocycles. The topological polar surface area (TPSA) is 61.5 Å². The van der Waals surface area contributed by atoms with E-state index in [0.717, 1.165) is 17.1 Å².